The second-order valence-electron chi connectivity index (χ2n) is 4.60. The molecule has 0 saturated heterocycles. The molecule has 110 valence electrons. The second-order valence-corrected chi connectivity index (χ2v) is 4.60. The van der Waals surface area contributed by atoms with Crippen LogP contribution < -0.4 is 5.32 Å². The smallest absolute Gasteiger partial charge is 0.273 e. The Morgan fingerprint density at radius 3 is 2.76 bits per heavy atom. The normalized spacial score (nSPS) is 11.9. The fourth-order valence-electron chi connectivity index (χ4n) is 1.85. The Balaban J connectivity index is 2.15. The van der Waals surface area contributed by atoms with Crippen molar-refractivity contribution in [2.45, 2.75) is 13.0 Å². The lowest BCUT2D eigenvalue weighted by Gasteiger charge is -2.12. The molecule has 0 saturated carbocycles. The van der Waals surface area contributed by atoms with Crippen LogP contribution in [0.25, 0.3) is 0 Å². The zero-order chi connectivity index (χ0) is 15.6. The number of amides is 1. The SMILES string of the molecule is C[C@@H](NC(=O)c1ccc([N+](=O)[O-])cc1O)c1cnn(C)c1. The number of hydrogen-bond acceptors (Lipinski definition) is 5. The third-order valence-corrected chi connectivity index (χ3v) is 3.01. The van der Waals surface area contributed by atoms with Crippen LogP contribution in [0.1, 0.15) is 28.9 Å². The van der Waals surface area contributed by atoms with E-state index in [2.05, 4.69) is 10.4 Å². The number of nitro groups is 1. The zero-order valence-corrected chi connectivity index (χ0v) is 11.5. The molecule has 2 rings (SSSR count). The number of nitro benzene ring substituents is 1. The van der Waals surface area contributed by atoms with Crippen molar-refractivity contribution in [1.29, 1.82) is 0 Å². The van der Waals surface area contributed by atoms with Gasteiger partial charge in [-0.05, 0) is 13.0 Å². The summed E-state index contributed by atoms with van der Waals surface area (Å²) in [6.45, 7) is 1.78. The molecule has 0 aliphatic rings. The van der Waals surface area contributed by atoms with Gasteiger partial charge < -0.3 is 10.4 Å². The summed E-state index contributed by atoms with van der Waals surface area (Å²) in [6.07, 6.45) is 3.39. The molecule has 0 aliphatic carbocycles. The number of aryl methyl sites for hydroxylation is 1. The van der Waals surface area contributed by atoms with Gasteiger partial charge in [-0.25, -0.2) is 0 Å². The van der Waals surface area contributed by atoms with Crippen molar-refractivity contribution in [2.75, 3.05) is 0 Å². The Labute approximate surface area is 120 Å². The molecule has 21 heavy (non-hydrogen) atoms. The zero-order valence-electron chi connectivity index (χ0n) is 11.5. The Hall–Kier alpha value is -2.90. The molecule has 0 bridgehead atoms. The summed E-state index contributed by atoms with van der Waals surface area (Å²) in [5, 5.41) is 27.0. The molecule has 8 nitrogen and oxygen atoms in total. The van der Waals surface area contributed by atoms with E-state index in [9.17, 15) is 20.0 Å². The summed E-state index contributed by atoms with van der Waals surface area (Å²) in [5.74, 6) is -0.946. The van der Waals surface area contributed by atoms with E-state index in [0.717, 1.165) is 11.6 Å². The van der Waals surface area contributed by atoms with Crippen LogP contribution >= 0.6 is 0 Å². The van der Waals surface area contributed by atoms with Crippen LogP contribution in [0.15, 0.2) is 30.6 Å². The van der Waals surface area contributed by atoms with E-state index in [1.807, 2.05) is 0 Å². The van der Waals surface area contributed by atoms with Crippen LogP contribution in [0, 0.1) is 10.1 Å². The molecular formula is C13H14N4O4. The number of aromatic nitrogens is 2. The summed E-state index contributed by atoms with van der Waals surface area (Å²) in [7, 11) is 1.76. The first-order valence-electron chi connectivity index (χ1n) is 6.15. The maximum Gasteiger partial charge on any atom is 0.273 e. The average molecular weight is 290 g/mol. The average Bonchev–Trinajstić information content (AvgIpc) is 2.85. The quantitative estimate of drug-likeness (QED) is 0.655. The highest BCUT2D eigenvalue weighted by molar-refractivity contribution is 5.97. The van der Waals surface area contributed by atoms with Gasteiger partial charge in [0.15, 0.2) is 0 Å². The fraction of sp³-hybridized carbons (Fsp3) is 0.231. The van der Waals surface area contributed by atoms with Gasteiger partial charge >= 0.3 is 0 Å². The predicted molar refractivity (Wildman–Crippen MR) is 73.9 cm³/mol. The van der Waals surface area contributed by atoms with Crippen LogP contribution in [0.5, 0.6) is 5.75 Å². The van der Waals surface area contributed by atoms with Gasteiger partial charge in [0.1, 0.15) is 5.75 Å². The number of aromatic hydroxyl groups is 1. The fourth-order valence-corrected chi connectivity index (χ4v) is 1.85. The minimum absolute atomic E-state index is 0.0173. The van der Waals surface area contributed by atoms with Crippen LogP contribution in [0.4, 0.5) is 5.69 Å². The maximum absolute atomic E-state index is 12.1. The summed E-state index contributed by atoms with van der Waals surface area (Å²) in [5.41, 5.74) is 0.521. The van der Waals surface area contributed by atoms with Crippen molar-refractivity contribution in [3.05, 3.63) is 51.8 Å². The molecule has 0 fully saturated rings. The van der Waals surface area contributed by atoms with Crippen LogP contribution in [0.3, 0.4) is 0 Å². The molecule has 1 heterocycles. The summed E-state index contributed by atoms with van der Waals surface area (Å²) < 4.78 is 1.61. The first-order chi connectivity index (χ1) is 9.88. The van der Waals surface area contributed by atoms with Crippen molar-refractivity contribution in [2.24, 2.45) is 7.05 Å². The minimum atomic E-state index is -0.639. The molecule has 1 aromatic heterocycles. The number of carbonyl (C=O) groups is 1. The molecule has 0 unspecified atom stereocenters. The lowest BCUT2D eigenvalue weighted by molar-refractivity contribution is -0.384. The van der Waals surface area contributed by atoms with Crippen molar-refractivity contribution < 1.29 is 14.8 Å². The number of nitrogens with zero attached hydrogens (tertiary/aromatic N) is 3. The lowest BCUT2D eigenvalue weighted by Crippen LogP contribution is -2.26. The van der Waals surface area contributed by atoms with Crippen molar-refractivity contribution in [3.8, 4) is 5.75 Å². The second kappa shape index (κ2) is 5.61. The molecular weight excluding hydrogens is 276 g/mol. The van der Waals surface area contributed by atoms with Gasteiger partial charge in [0, 0.05) is 24.9 Å². The highest BCUT2D eigenvalue weighted by Gasteiger charge is 2.18. The number of phenolic OH excluding ortho intramolecular Hbond substituents is 1. The van der Waals surface area contributed by atoms with E-state index >= 15 is 0 Å². The standard InChI is InChI=1S/C13H14N4O4/c1-8(9-6-14-16(2)7-9)15-13(19)11-4-3-10(17(20)21)5-12(11)18/h3-8,18H,1-2H3,(H,15,19)/t8-/m1/s1. The maximum atomic E-state index is 12.1. The van der Waals surface area contributed by atoms with E-state index < -0.39 is 16.6 Å². The number of rotatable bonds is 4. The monoisotopic (exact) mass is 290 g/mol. The van der Waals surface area contributed by atoms with Gasteiger partial charge in [0.25, 0.3) is 11.6 Å². The third-order valence-electron chi connectivity index (χ3n) is 3.01. The number of phenols is 1. The molecule has 1 aromatic carbocycles. The minimum Gasteiger partial charge on any atom is -0.507 e. The van der Waals surface area contributed by atoms with Gasteiger partial charge in [-0.2, -0.15) is 5.10 Å². The van der Waals surface area contributed by atoms with Gasteiger partial charge in [0.2, 0.25) is 0 Å². The summed E-state index contributed by atoms with van der Waals surface area (Å²) >= 11 is 0. The van der Waals surface area contributed by atoms with Crippen molar-refractivity contribution >= 4 is 11.6 Å². The molecule has 1 atom stereocenters. The Kier molecular flexibility index (Phi) is 3.88. The van der Waals surface area contributed by atoms with E-state index in [1.165, 1.54) is 12.1 Å². The molecule has 2 N–H and O–H groups in total. The lowest BCUT2D eigenvalue weighted by atomic mass is 10.1. The van der Waals surface area contributed by atoms with Crippen molar-refractivity contribution in [3.63, 3.8) is 0 Å². The predicted octanol–water partition coefficient (Wildman–Crippen LogP) is 1.52. The molecule has 0 radical (unpaired) electrons. The molecule has 0 spiro atoms. The van der Waals surface area contributed by atoms with Gasteiger partial charge in [-0.1, -0.05) is 0 Å². The first-order valence-corrected chi connectivity index (χ1v) is 6.15. The largest absolute Gasteiger partial charge is 0.507 e. The van der Waals surface area contributed by atoms with Gasteiger partial charge in [-0.3, -0.25) is 19.6 Å². The highest BCUT2D eigenvalue weighted by Crippen LogP contribution is 2.24. The number of benzene rings is 1. The number of non-ortho nitro benzene ring substituents is 1. The molecule has 1 amide bonds. The Morgan fingerprint density at radius 2 is 2.24 bits per heavy atom. The summed E-state index contributed by atoms with van der Waals surface area (Å²) in [6, 6.07) is 3.03. The molecule has 8 heteroatoms. The van der Waals surface area contributed by atoms with Gasteiger partial charge in [0.05, 0.1) is 28.8 Å². The molecule has 0 aliphatic heterocycles. The van der Waals surface area contributed by atoms with E-state index in [1.54, 1.807) is 31.0 Å². The van der Waals surface area contributed by atoms with E-state index in [-0.39, 0.29) is 17.3 Å². The Bertz CT molecular complexity index is 695. The molecule has 2 aromatic rings. The van der Waals surface area contributed by atoms with Crippen LogP contribution in [0.2, 0.25) is 0 Å². The first kappa shape index (κ1) is 14.5. The Morgan fingerprint density at radius 1 is 1.52 bits per heavy atom. The van der Waals surface area contributed by atoms with Gasteiger partial charge in [-0.15, -0.1) is 0 Å². The number of carbonyl (C=O) groups excluding carboxylic acids is 1. The van der Waals surface area contributed by atoms with E-state index in [4.69, 9.17) is 0 Å². The highest BCUT2D eigenvalue weighted by atomic mass is 16.6. The summed E-state index contributed by atoms with van der Waals surface area (Å²) in [4.78, 5) is 22.0. The van der Waals surface area contributed by atoms with E-state index in [0.29, 0.717) is 0 Å². The third kappa shape index (κ3) is 3.16. The topological polar surface area (TPSA) is 110 Å². The van der Waals surface area contributed by atoms with Crippen LogP contribution in [-0.4, -0.2) is 25.7 Å². The van der Waals surface area contributed by atoms with Crippen molar-refractivity contribution in [1.82, 2.24) is 15.1 Å². The number of nitrogens with one attached hydrogen (secondary N) is 1. The van der Waals surface area contributed by atoms with Crippen LogP contribution in [-0.2, 0) is 7.05 Å². The number of hydrogen-bond donors (Lipinski definition) is 2.